The topological polar surface area (TPSA) is 13.1 Å². The molecule has 228 valence electrons. The van der Waals surface area contributed by atoms with Gasteiger partial charge in [0.1, 0.15) is 11.2 Å². The molecule has 0 unspecified atom stereocenters. The van der Waals surface area contributed by atoms with Crippen LogP contribution < -0.4 is 0 Å². The van der Waals surface area contributed by atoms with Crippen molar-refractivity contribution < 1.29 is 4.42 Å². The minimum atomic E-state index is 0.901. The van der Waals surface area contributed by atoms with E-state index in [0.29, 0.717) is 0 Å². The second-order valence-electron chi connectivity index (χ2n) is 12.8. The maximum atomic E-state index is 6.37. The third-order valence-corrected chi connectivity index (χ3v) is 10.1. The molecule has 10 rings (SSSR count). The third kappa shape index (κ3) is 4.40. The molecule has 1 aromatic heterocycles. The van der Waals surface area contributed by atoms with E-state index in [1.807, 2.05) is 0 Å². The Hall–Kier alpha value is -6.44. The number of hydrogen-bond acceptors (Lipinski definition) is 1. The molecule has 1 heterocycles. The van der Waals surface area contributed by atoms with Crippen LogP contribution in [0.25, 0.3) is 98.8 Å². The Bertz CT molecular complexity index is 2810. The Morgan fingerprint density at radius 3 is 1.45 bits per heavy atom. The molecule has 10 aromatic rings. The van der Waals surface area contributed by atoms with Crippen molar-refractivity contribution in [2.45, 2.75) is 0 Å². The lowest BCUT2D eigenvalue weighted by Gasteiger charge is -2.20. The Morgan fingerprint density at radius 2 is 0.755 bits per heavy atom. The van der Waals surface area contributed by atoms with Gasteiger partial charge in [-0.05, 0) is 101 Å². The van der Waals surface area contributed by atoms with Crippen molar-refractivity contribution in [2.24, 2.45) is 0 Å². The van der Waals surface area contributed by atoms with Crippen molar-refractivity contribution in [1.82, 2.24) is 0 Å². The van der Waals surface area contributed by atoms with E-state index in [1.165, 1.54) is 76.8 Å². The number of fused-ring (bicyclic) bond motifs is 6. The van der Waals surface area contributed by atoms with Gasteiger partial charge in [-0.25, -0.2) is 0 Å². The average Bonchev–Trinajstić information content (AvgIpc) is 3.54. The largest absolute Gasteiger partial charge is 0.456 e. The van der Waals surface area contributed by atoms with E-state index in [4.69, 9.17) is 4.42 Å². The lowest BCUT2D eigenvalue weighted by molar-refractivity contribution is 0.669. The number of rotatable bonds is 4. The molecule has 0 aliphatic carbocycles. The molecule has 0 fully saturated rings. The Kier molecular flexibility index (Phi) is 6.25. The van der Waals surface area contributed by atoms with Gasteiger partial charge in [0.15, 0.2) is 0 Å². The molecule has 0 saturated heterocycles. The van der Waals surface area contributed by atoms with Crippen molar-refractivity contribution in [2.75, 3.05) is 0 Å². The van der Waals surface area contributed by atoms with Gasteiger partial charge in [-0.15, -0.1) is 0 Å². The lowest BCUT2D eigenvalue weighted by atomic mass is 9.83. The molecule has 0 aliphatic heterocycles. The molecule has 1 nitrogen and oxygen atoms in total. The fourth-order valence-electron chi connectivity index (χ4n) is 7.87. The van der Waals surface area contributed by atoms with Crippen LogP contribution in [0.4, 0.5) is 0 Å². The Labute approximate surface area is 284 Å². The van der Waals surface area contributed by atoms with E-state index < -0.39 is 0 Å². The van der Waals surface area contributed by atoms with Crippen LogP contribution in [-0.2, 0) is 0 Å². The molecular weight excluding hydrogens is 593 g/mol. The molecule has 9 aromatic carbocycles. The van der Waals surface area contributed by atoms with Crippen LogP contribution in [0, 0.1) is 0 Å². The van der Waals surface area contributed by atoms with Gasteiger partial charge >= 0.3 is 0 Å². The first-order valence-corrected chi connectivity index (χ1v) is 16.8. The summed E-state index contributed by atoms with van der Waals surface area (Å²) >= 11 is 0. The highest BCUT2D eigenvalue weighted by Gasteiger charge is 2.20. The van der Waals surface area contributed by atoms with Crippen molar-refractivity contribution in [1.29, 1.82) is 0 Å². The van der Waals surface area contributed by atoms with E-state index in [9.17, 15) is 0 Å². The highest BCUT2D eigenvalue weighted by atomic mass is 16.3. The summed E-state index contributed by atoms with van der Waals surface area (Å²) in [5.41, 5.74) is 11.6. The summed E-state index contributed by atoms with van der Waals surface area (Å²) in [6.07, 6.45) is 0. The number of hydrogen-bond donors (Lipinski definition) is 0. The standard InChI is InChI=1S/C48H30O/c1-2-13-31(14-3-1)33-25-27-45-43(29-33)44-30-34(26-28-46(44)49-45)47-39-20-8-10-22-41(39)48(42-23-11-9-21-40(42)47)38-19-7-6-18-37(38)36-24-12-16-32-15-4-5-17-35(32)36/h1-30H. The van der Waals surface area contributed by atoms with Gasteiger partial charge in [-0.2, -0.15) is 0 Å². The molecule has 0 atom stereocenters. The van der Waals surface area contributed by atoms with Crippen LogP contribution in [0.2, 0.25) is 0 Å². The summed E-state index contributed by atoms with van der Waals surface area (Å²) in [6.45, 7) is 0. The molecule has 0 N–H and O–H groups in total. The molecule has 0 bridgehead atoms. The molecule has 0 radical (unpaired) electrons. The molecule has 1 heteroatoms. The predicted molar refractivity (Wildman–Crippen MR) is 208 cm³/mol. The first-order chi connectivity index (χ1) is 24.3. The predicted octanol–water partition coefficient (Wildman–Crippen LogP) is 13.7. The van der Waals surface area contributed by atoms with E-state index in [1.54, 1.807) is 0 Å². The van der Waals surface area contributed by atoms with Gasteiger partial charge in [0.05, 0.1) is 0 Å². The minimum absolute atomic E-state index is 0.901. The first-order valence-electron chi connectivity index (χ1n) is 16.8. The Balaban J connectivity index is 1.24. The van der Waals surface area contributed by atoms with E-state index >= 15 is 0 Å². The van der Waals surface area contributed by atoms with Crippen LogP contribution in [0.1, 0.15) is 0 Å². The van der Waals surface area contributed by atoms with Crippen LogP contribution in [-0.4, -0.2) is 0 Å². The summed E-state index contributed by atoms with van der Waals surface area (Å²) in [7, 11) is 0. The third-order valence-electron chi connectivity index (χ3n) is 10.1. The maximum absolute atomic E-state index is 6.37. The van der Waals surface area contributed by atoms with E-state index in [-0.39, 0.29) is 0 Å². The normalized spacial score (nSPS) is 11.7. The number of furan rings is 1. The fraction of sp³-hybridized carbons (Fsp3) is 0. The Morgan fingerprint density at radius 1 is 0.265 bits per heavy atom. The summed E-state index contributed by atoms with van der Waals surface area (Å²) in [6, 6.07) is 65.8. The second kappa shape index (κ2) is 11.1. The van der Waals surface area contributed by atoms with E-state index in [0.717, 1.165) is 21.9 Å². The fourth-order valence-corrected chi connectivity index (χ4v) is 7.87. The summed E-state index contributed by atoms with van der Waals surface area (Å²) < 4.78 is 6.37. The van der Waals surface area contributed by atoms with Crippen molar-refractivity contribution in [3.8, 4) is 44.5 Å². The second-order valence-corrected chi connectivity index (χ2v) is 12.8. The quantitative estimate of drug-likeness (QED) is 0.178. The lowest BCUT2D eigenvalue weighted by Crippen LogP contribution is -1.93. The SMILES string of the molecule is c1ccc(-c2ccc3oc4ccc(-c5c6ccccc6c(-c6ccccc6-c6cccc7ccccc67)c6ccccc56)cc4c3c2)cc1. The highest BCUT2D eigenvalue weighted by molar-refractivity contribution is 6.23. The van der Waals surface area contributed by atoms with Gasteiger partial charge in [0, 0.05) is 10.8 Å². The van der Waals surface area contributed by atoms with Gasteiger partial charge in [0.2, 0.25) is 0 Å². The van der Waals surface area contributed by atoms with Crippen LogP contribution in [0.5, 0.6) is 0 Å². The van der Waals surface area contributed by atoms with Crippen LogP contribution >= 0.6 is 0 Å². The molecule has 0 saturated carbocycles. The minimum Gasteiger partial charge on any atom is -0.456 e. The maximum Gasteiger partial charge on any atom is 0.135 e. The smallest absolute Gasteiger partial charge is 0.135 e. The van der Waals surface area contributed by atoms with Crippen molar-refractivity contribution in [3.63, 3.8) is 0 Å². The van der Waals surface area contributed by atoms with Crippen molar-refractivity contribution >= 4 is 54.3 Å². The van der Waals surface area contributed by atoms with Gasteiger partial charge in [0.25, 0.3) is 0 Å². The van der Waals surface area contributed by atoms with Crippen LogP contribution in [0.3, 0.4) is 0 Å². The first kappa shape index (κ1) is 27.7. The van der Waals surface area contributed by atoms with Gasteiger partial charge in [-0.3, -0.25) is 0 Å². The molecular formula is C48H30O. The number of benzene rings is 9. The summed E-state index contributed by atoms with van der Waals surface area (Å²) in [4.78, 5) is 0. The average molecular weight is 623 g/mol. The zero-order valence-corrected chi connectivity index (χ0v) is 26.7. The summed E-state index contributed by atoms with van der Waals surface area (Å²) in [5.74, 6) is 0. The van der Waals surface area contributed by atoms with Gasteiger partial charge < -0.3 is 4.42 Å². The molecule has 0 aliphatic rings. The zero-order valence-electron chi connectivity index (χ0n) is 26.7. The molecule has 0 spiro atoms. The zero-order chi connectivity index (χ0) is 32.3. The van der Waals surface area contributed by atoms with Gasteiger partial charge in [-0.1, -0.05) is 158 Å². The highest BCUT2D eigenvalue weighted by Crippen LogP contribution is 2.47. The molecule has 49 heavy (non-hydrogen) atoms. The molecule has 0 amide bonds. The van der Waals surface area contributed by atoms with Crippen molar-refractivity contribution in [3.05, 3.63) is 182 Å². The summed E-state index contributed by atoms with van der Waals surface area (Å²) in [5, 5.41) is 9.73. The monoisotopic (exact) mass is 622 g/mol. The van der Waals surface area contributed by atoms with E-state index in [2.05, 4.69) is 182 Å². The van der Waals surface area contributed by atoms with Crippen LogP contribution in [0.15, 0.2) is 186 Å².